The molecule has 0 radical (unpaired) electrons. The average Bonchev–Trinajstić information content (AvgIpc) is 2.53. The van der Waals surface area contributed by atoms with Crippen LogP contribution in [0.2, 0.25) is 5.15 Å². The Morgan fingerprint density at radius 1 is 1.56 bits per heavy atom. The highest BCUT2D eigenvalue weighted by molar-refractivity contribution is 7.89. The summed E-state index contributed by atoms with van der Waals surface area (Å²) < 4.78 is 33.2. The highest BCUT2D eigenvalue weighted by atomic mass is 35.5. The van der Waals surface area contributed by atoms with Gasteiger partial charge in [0.05, 0.1) is 12.4 Å². The molecule has 1 aliphatic heterocycles. The smallest absolute Gasteiger partial charge is 0.263 e. The molecule has 2 heterocycles. The topological polar surface area (TPSA) is 64.4 Å². The maximum atomic E-state index is 12.4. The largest absolute Gasteiger partial charge is 0.377 e. The van der Waals surface area contributed by atoms with Gasteiger partial charge in [-0.1, -0.05) is 11.6 Å². The molecule has 102 valence electrons. The molecule has 1 atom stereocenters. The van der Waals surface area contributed by atoms with Crippen molar-refractivity contribution in [2.75, 3.05) is 19.7 Å². The third-order valence-corrected chi connectivity index (χ3v) is 5.19. The minimum atomic E-state index is -3.64. The Bertz CT molecular complexity index is 528. The van der Waals surface area contributed by atoms with Crippen LogP contribution in [0.15, 0.2) is 11.4 Å². The van der Waals surface area contributed by atoms with Gasteiger partial charge in [-0.25, -0.2) is 13.4 Å². The molecule has 1 unspecified atom stereocenters. The van der Waals surface area contributed by atoms with Crippen molar-refractivity contribution in [3.63, 3.8) is 0 Å². The summed E-state index contributed by atoms with van der Waals surface area (Å²) in [5, 5.41) is 0.0496. The normalized spacial score (nSPS) is 22.9. The molecule has 1 aromatic heterocycles. The molecule has 8 heteroatoms. The molecular weight excluding hydrogens is 278 g/mol. The van der Waals surface area contributed by atoms with Gasteiger partial charge >= 0.3 is 0 Å². The first kappa shape index (κ1) is 13.8. The number of imidazole rings is 1. The van der Waals surface area contributed by atoms with Crippen molar-refractivity contribution in [2.24, 2.45) is 7.05 Å². The molecule has 6 nitrogen and oxygen atoms in total. The highest BCUT2D eigenvalue weighted by Gasteiger charge is 2.31. The van der Waals surface area contributed by atoms with Crippen LogP contribution in [-0.2, 0) is 21.8 Å². The average molecular weight is 294 g/mol. The third-order valence-electron chi connectivity index (χ3n) is 2.83. The van der Waals surface area contributed by atoms with Gasteiger partial charge in [-0.2, -0.15) is 4.31 Å². The summed E-state index contributed by atoms with van der Waals surface area (Å²) in [6.07, 6.45) is 1.95. The summed E-state index contributed by atoms with van der Waals surface area (Å²) in [5.74, 6) is 0. The lowest BCUT2D eigenvalue weighted by molar-refractivity contribution is 0.0752. The van der Waals surface area contributed by atoms with Gasteiger partial charge in [-0.3, -0.25) is 0 Å². The van der Waals surface area contributed by atoms with Crippen LogP contribution in [0.25, 0.3) is 0 Å². The number of sulfonamides is 1. The third kappa shape index (κ3) is 2.54. The van der Waals surface area contributed by atoms with Crippen molar-refractivity contribution < 1.29 is 13.2 Å². The molecule has 0 aromatic carbocycles. The number of rotatable bonds is 2. The number of hydrogen-bond donors (Lipinski definition) is 0. The van der Waals surface area contributed by atoms with E-state index in [1.165, 1.54) is 15.2 Å². The maximum absolute atomic E-state index is 12.4. The van der Waals surface area contributed by atoms with Gasteiger partial charge < -0.3 is 9.30 Å². The molecule has 0 saturated carbocycles. The Morgan fingerprint density at radius 3 is 2.89 bits per heavy atom. The minimum absolute atomic E-state index is 0.0826. The second-order valence-corrected chi connectivity index (χ2v) is 6.56. The van der Waals surface area contributed by atoms with Crippen LogP contribution in [0.4, 0.5) is 0 Å². The molecule has 1 aromatic rings. The van der Waals surface area contributed by atoms with Gasteiger partial charge in [0.2, 0.25) is 5.03 Å². The fraction of sp³-hybridized carbons (Fsp3) is 0.700. The Balaban J connectivity index is 2.33. The predicted molar refractivity (Wildman–Crippen MR) is 67.0 cm³/mol. The van der Waals surface area contributed by atoms with Gasteiger partial charge in [0, 0.05) is 26.7 Å². The summed E-state index contributed by atoms with van der Waals surface area (Å²) in [4.78, 5) is 3.88. The van der Waals surface area contributed by atoms with Crippen LogP contribution in [0.5, 0.6) is 0 Å². The van der Waals surface area contributed by atoms with E-state index in [4.69, 9.17) is 16.3 Å². The monoisotopic (exact) mass is 293 g/mol. The predicted octanol–water partition coefficient (Wildman–Crippen LogP) is 0.873. The molecule has 18 heavy (non-hydrogen) atoms. The summed E-state index contributed by atoms with van der Waals surface area (Å²) in [6, 6.07) is 0. The van der Waals surface area contributed by atoms with E-state index in [1.807, 2.05) is 6.92 Å². The van der Waals surface area contributed by atoms with E-state index in [0.29, 0.717) is 26.1 Å². The lowest BCUT2D eigenvalue weighted by Crippen LogP contribution is -2.36. The van der Waals surface area contributed by atoms with E-state index < -0.39 is 10.0 Å². The van der Waals surface area contributed by atoms with E-state index in [9.17, 15) is 8.42 Å². The lowest BCUT2D eigenvalue weighted by atomic mass is 10.4. The first-order chi connectivity index (χ1) is 8.43. The Morgan fingerprint density at radius 2 is 2.28 bits per heavy atom. The number of hydrogen-bond acceptors (Lipinski definition) is 4. The molecule has 0 aliphatic carbocycles. The molecule has 0 amide bonds. The Labute approximate surface area is 112 Å². The van der Waals surface area contributed by atoms with E-state index in [-0.39, 0.29) is 16.3 Å². The summed E-state index contributed by atoms with van der Waals surface area (Å²) in [6.45, 7) is 3.19. The van der Waals surface area contributed by atoms with Crippen LogP contribution in [0, 0.1) is 0 Å². The van der Waals surface area contributed by atoms with E-state index >= 15 is 0 Å². The van der Waals surface area contributed by atoms with Gasteiger partial charge in [0.15, 0.2) is 0 Å². The highest BCUT2D eigenvalue weighted by Crippen LogP contribution is 2.23. The Kier molecular flexibility index (Phi) is 3.96. The van der Waals surface area contributed by atoms with Gasteiger partial charge in [-0.15, -0.1) is 0 Å². The number of ether oxygens (including phenoxy) is 1. The molecule has 0 bridgehead atoms. The number of halogens is 1. The summed E-state index contributed by atoms with van der Waals surface area (Å²) in [5.41, 5.74) is 0. The van der Waals surface area contributed by atoms with Crippen molar-refractivity contribution in [3.05, 3.63) is 11.5 Å². The maximum Gasteiger partial charge on any atom is 0.263 e. The first-order valence-electron chi connectivity index (χ1n) is 5.71. The minimum Gasteiger partial charge on any atom is -0.377 e. The second kappa shape index (κ2) is 5.16. The fourth-order valence-corrected chi connectivity index (χ4v) is 3.81. The van der Waals surface area contributed by atoms with Gasteiger partial charge in [0.1, 0.15) is 5.15 Å². The zero-order chi connectivity index (χ0) is 13.3. The fourth-order valence-electron chi connectivity index (χ4n) is 1.86. The van der Waals surface area contributed by atoms with E-state index in [2.05, 4.69) is 4.98 Å². The van der Waals surface area contributed by atoms with Gasteiger partial charge in [0.25, 0.3) is 10.0 Å². The van der Waals surface area contributed by atoms with Crippen LogP contribution in [0.3, 0.4) is 0 Å². The van der Waals surface area contributed by atoms with Crippen molar-refractivity contribution in [1.29, 1.82) is 0 Å². The number of nitrogens with zero attached hydrogens (tertiary/aromatic N) is 3. The van der Waals surface area contributed by atoms with E-state index in [0.717, 1.165) is 0 Å². The zero-order valence-electron chi connectivity index (χ0n) is 10.3. The molecular formula is C10H16ClN3O3S. The van der Waals surface area contributed by atoms with Crippen LogP contribution < -0.4 is 0 Å². The quantitative estimate of drug-likeness (QED) is 0.812. The molecule has 2 rings (SSSR count). The lowest BCUT2D eigenvalue weighted by Gasteiger charge is -2.20. The van der Waals surface area contributed by atoms with Crippen molar-refractivity contribution in [2.45, 2.75) is 24.5 Å². The van der Waals surface area contributed by atoms with E-state index in [1.54, 1.807) is 7.05 Å². The van der Waals surface area contributed by atoms with Crippen LogP contribution in [-0.4, -0.2) is 48.1 Å². The number of aryl methyl sites for hydroxylation is 1. The van der Waals surface area contributed by atoms with Crippen LogP contribution >= 0.6 is 11.6 Å². The molecule has 0 spiro atoms. The van der Waals surface area contributed by atoms with Crippen molar-refractivity contribution in [1.82, 2.24) is 13.9 Å². The SMILES string of the molecule is CC1CN(S(=O)(=O)c2ncn(C)c2Cl)CCCO1. The zero-order valence-corrected chi connectivity index (χ0v) is 11.9. The Hall–Kier alpha value is -0.630. The molecule has 1 saturated heterocycles. The standard InChI is InChI=1S/C10H16ClN3O3S/c1-8-6-14(4-3-5-17-8)18(15,16)10-9(11)13(2)7-12-10/h7-8H,3-6H2,1-2H3. The first-order valence-corrected chi connectivity index (χ1v) is 7.53. The molecule has 1 aliphatic rings. The van der Waals surface area contributed by atoms with Crippen molar-refractivity contribution in [3.8, 4) is 0 Å². The molecule has 1 fully saturated rings. The van der Waals surface area contributed by atoms with Gasteiger partial charge in [-0.05, 0) is 13.3 Å². The van der Waals surface area contributed by atoms with Crippen LogP contribution in [0.1, 0.15) is 13.3 Å². The summed E-state index contributed by atoms with van der Waals surface area (Å²) >= 11 is 5.95. The molecule has 0 N–H and O–H groups in total. The number of aromatic nitrogens is 2. The second-order valence-electron chi connectivity index (χ2n) is 4.35. The summed E-state index contributed by atoms with van der Waals surface area (Å²) in [7, 11) is -1.98. The van der Waals surface area contributed by atoms with Crippen molar-refractivity contribution >= 4 is 21.6 Å².